The smallest absolute Gasteiger partial charge is 0.240 e. The third kappa shape index (κ3) is 2.86. The van der Waals surface area contributed by atoms with E-state index in [9.17, 15) is 4.79 Å². The van der Waals surface area contributed by atoms with Gasteiger partial charge in [0.1, 0.15) is 5.51 Å². The summed E-state index contributed by atoms with van der Waals surface area (Å²) in [4.78, 5) is 14.5. The molecule has 0 spiro atoms. The predicted octanol–water partition coefficient (Wildman–Crippen LogP) is 3.13. The van der Waals surface area contributed by atoms with E-state index in [1.807, 2.05) is 29.2 Å². The summed E-state index contributed by atoms with van der Waals surface area (Å²) in [6, 6.07) is 8.13. The minimum absolute atomic E-state index is 0.0435. The number of aryl methyl sites for hydroxylation is 1. The number of benzene rings is 1. The van der Waals surface area contributed by atoms with Crippen LogP contribution in [0.2, 0.25) is 0 Å². The van der Waals surface area contributed by atoms with Gasteiger partial charge in [0, 0.05) is 12.2 Å². The first-order chi connectivity index (χ1) is 9.74. The molecule has 4 nitrogen and oxygen atoms in total. The summed E-state index contributed by atoms with van der Waals surface area (Å²) in [6.07, 6.45) is 1.93. The second kappa shape index (κ2) is 5.93. The van der Waals surface area contributed by atoms with Gasteiger partial charge in [-0.3, -0.25) is 4.79 Å². The molecule has 1 fully saturated rings. The molecule has 0 radical (unpaired) electrons. The summed E-state index contributed by atoms with van der Waals surface area (Å²) in [5, 5.41) is 7.79. The highest BCUT2D eigenvalue weighted by Gasteiger charge is 2.31. The van der Waals surface area contributed by atoms with Crippen molar-refractivity contribution in [3.63, 3.8) is 0 Å². The van der Waals surface area contributed by atoms with Crippen LogP contribution >= 0.6 is 23.1 Å². The first-order valence-corrected chi connectivity index (χ1v) is 8.31. The number of amides is 1. The van der Waals surface area contributed by atoms with E-state index in [2.05, 4.69) is 17.1 Å². The molecule has 6 heteroatoms. The van der Waals surface area contributed by atoms with E-state index in [4.69, 9.17) is 0 Å². The van der Waals surface area contributed by atoms with Crippen LogP contribution in [-0.2, 0) is 4.79 Å². The number of aromatic nitrogens is 2. The topological polar surface area (TPSA) is 46.1 Å². The molecule has 1 aliphatic rings. The maximum Gasteiger partial charge on any atom is 0.240 e. The Morgan fingerprint density at radius 3 is 2.85 bits per heavy atom. The lowest BCUT2D eigenvalue weighted by atomic mass is 10.1. The summed E-state index contributed by atoms with van der Waals surface area (Å²) in [5.74, 6) is 0.181. The molecule has 1 atom stereocenters. The second-order valence-electron chi connectivity index (χ2n) is 4.78. The van der Waals surface area contributed by atoms with Crippen molar-refractivity contribution >= 4 is 34.7 Å². The van der Waals surface area contributed by atoms with Gasteiger partial charge in [-0.25, -0.2) is 0 Å². The number of hydrogen-bond donors (Lipinski definition) is 0. The van der Waals surface area contributed by atoms with Crippen molar-refractivity contribution in [2.45, 2.75) is 29.4 Å². The Kier molecular flexibility index (Phi) is 4.03. The Hall–Kier alpha value is -1.40. The molecule has 1 amide bonds. The number of piperidine rings is 1. The normalized spacial score (nSPS) is 19.4. The van der Waals surface area contributed by atoms with Gasteiger partial charge in [-0.1, -0.05) is 40.8 Å². The van der Waals surface area contributed by atoms with Gasteiger partial charge in [0.25, 0.3) is 0 Å². The van der Waals surface area contributed by atoms with Crippen LogP contribution in [0, 0.1) is 6.92 Å². The fourth-order valence-corrected chi connectivity index (χ4v) is 4.10. The number of rotatable bonds is 3. The van der Waals surface area contributed by atoms with Crippen molar-refractivity contribution in [1.82, 2.24) is 10.2 Å². The maximum atomic E-state index is 12.6. The van der Waals surface area contributed by atoms with E-state index in [1.165, 1.54) is 28.7 Å². The molecule has 0 N–H and O–H groups in total. The zero-order valence-corrected chi connectivity index (χ0v) is 12.8. The molecule has 2 aromatic rings. The molecule has 20 heavy (non-hydrogen) atoms. The highest BCUT2D eigenvalue weighted by molar-refractivity contribution is 8.02. The first-order valence-electron chi connectivity index (χ1n) is 6.55. The van der Waals surface area contributed by atoms with Gasteiger partial charge in [-0.05, 0) is 31.9 Å². The van der Waals surface area contributed by atoms with E-state index in [1.54, 1.807) is 5.51 Å². The number of nitrogens with zero attached hydrogens (tertiary/aromatic N) is 3. The molecular formula is C14H15N3OS2. The van der Waals surface area contributed by atoms with Gasteiger partial charge >= 0.3 is 0 Å². The molecule has 1 aromatic carbocycles. The quantitative estimate of drug-likeness (QED) is 0.874. The summed E-state index contributed by atoms with van der Waals surface area (Å²) >= 11 is 3.02. The average Bonchev–Trinajstić information content (AvgIpc) is 2.95. The highest BCUT2D eigenvalue weighted by Crippen LogP contribution is 2.32. The molecule has 0 unspecified atom stereocenters. The Labute approximate surface area is 126 Å². The van der Waals surface area contributed by atoms with E-state index in [0.29, 0.717) is 0 Å². The van der Waals surface area contributed by atoms with Gasteiger partial charge in [-0.15, -0.1) is 10.2 Å². The third-order valence-electron chi connectivity index (χ3n) is 3.32. The molecule has 0 bridgehead atoms. The number of hydrogen-bond acceptors (Lipinski definition) is 5. The van der Waals surface area contributed by atoms with Crippen LogP contribution in [0.15, 0.2) is 34.1 Å². The largest absolute Gasteiger partial charge is 0.311 e. The van der Waals surface area contributed by atoms with E-state index < -0.39 is 0 Å². The lowest BCUT2D eigenvalue weighted by Crippen LogP contribution is -2.42. The van der Waals surface area contributed by atoms with Crippen molar-refractivity contribution in [3.05, 3.63) is 35.3 Å². The molecule has 0 aliphatic carbocycles. The average molecular weight is 305 g/mol. The van der Waals surface area contributed by atoms with Crippen LogP contribution < -0.4 is 4.90 Å². The van der Waals surface area contributed by atoms with Crippen LogP contribution in [0.1, 0.15) is 18.4 Å². The number of anilines is 1. The van der Waals surface area contributed by atoms with Crippen LogP contribution in [0.5, 0.6) is 0 Å². The van der Waals surface area contributed by atoms with Crippen molar-refractivity contribution in [2.75, 3.05) is 11.4 Å². The second-order valence-corrected chi connectivity index (χ2v) is 7.06. The molecule has 0 saturated carbocycles. The Morgan fingerprint density at radius 2 is 2.15 bits per heavy atom. The molecule has 1 saturated heterocycles. The standard InChI is InChI=1S/C14H15N3OS2/c1-10-4-6-11(7-5-10)17-8-2-3-12(13(17)18)20-14-16-15-9-19-14/h4-7,9,12H,2-3,8H2,1H3/t12-/m1/s1. The molecular weight excluding hydrogens is 290 g/mol. The van der Waals surface area contributed by atoms with Gasteiger partial charge in [0.2, 0.25) is 5.91 Å². The summed E-state index contributed by atoms with van der Waals surface area (Å²) in [5.41, 5.74) is 3.90. The Morgan fingerprint density at radius 1 is 1.35 bits per heavy atom. The van der Waals surface area contributed by atoms with Crippen molar-refractivity contribution in [3.8, 4) is 0 Å². The number of carbonyl (C=O) groups is 1. The summed E-state index contributed by atoms with van der Waals surface area (Å²) in [6.45, 7) is 2.85. The lowest BCUT2D eigenvalue weighted by Gasteiger charge is -2.31. The monoisotopic (exact) mass is 305 g/mol. The predicted molar refractivity (Wildman–Crippen MR) is 82.3 cm³/mol. The van der Waals surface area contributed by atoms with E-state index >= 15 is 0 Å². The lowest BCUT2D eigenvalue weighted by molar-refractivity contribution is -0.119. The summed E-state index contributed by atoms with van der Waals surface area (Å²) < 4.78 is 0.870. The first kappa shape index (κ1) is 13.6. The fourth-order valence-electron chi connectivity index (χ4n) is 2.27. The zero-order chi connectivity index (χ0) is 13.9. The van der Waals surface area contributed by atoms with E-state index in [0.717, 1.165) is 29.4 Å². The SMILES string of the molecule is Cc1ccc(N2CCC[C@@H](Sc3nncs3)C2=O)cc1. The van der Waals surface area contributed by atoms with Crippen LogP contribution in [0.4, 0.5) is 5.69 Å². The third-order valence-corrected chi connectivity index (χ3v) is 5.38. The van der Waals surface area contributed by atoms with Crippen LogP contribution in [0.25, 0.3) is 0 Å². The van der Waals surface area contributed by atoms with E-state index in [-0.39, 0.29) is 11.2 Å². The summed E-state index contributed by atoms with van der Waals surface area (Å²) in [7, 11) is 0. The van der Waals surface area contributed by atoms with Crippen LogP contribution in [-0.4, -0.2) is 27.9 Å². The fraction of sp³-hybridized carbons (Fsp3) is 0.357. The minimum Gasteiger partial charge on any atom is -0.311 e. The molecule has 1 aromatic heterocycles. The minimum atomic E-state index is -0.0435. The van der Waals surface area contributed by atoms with Crippen molar-refractivity contribution < 1.29 is 4.79 Å². The number of carbonyl (C=O) groups excluding carboxylic acids is 1. The number of thioether (sulfide) groups is 1. The molecule has 2 heterocycles. The molecule has 104 valence electrons. The van der Waals surface area contributed by atoms with Gasteiger partial charge in [0.15, 0.2) is 4.34 Å². The van der Waals surface area contributed by atoms with Gasteiger partial charge < -0.3 is 4.90 Å². The van der Waals surface area contributed by atoms with Crippen LogP contribution in [0.3, 0.4) is 0 Å². The van der Waals surface area contributed by atoms with Crippen molar-refractivity contribution in [2.24, 2.45) is 0 Å². The Balaban J connectivity index is 1.76. The van der Waals surface area contributed by atoms with Gasteiger partial charge in [0.05, 0.1) is 5.25 Å². The highest BCUT2D eigenvalue weighted by atomic mass is 32.2. The Bertz CT molecular complexity index is 583. The van der Waals surface area contributed by atoms with Crippen molar-refractivity contribution in [1.29, 1.82) is 0 Å². The van der Waals surface area contributed by atoms with Gasteiger partial charge in [-0.2, -0.15) is 0 Å². The molecule has 1 aliphatic heterocycles. The zero-order valence-electron chi connectivity index (χ0n) is 11.2. The molecule has 3 rings (SSSR count). The maximum absolute atomic E-state index is 12.6.